The Morgan fingerprint density at radius 3 is 2.44 bits per heavy atom. The number of para-hydroxylation sites is 1. The summed E-state index contributed by atoms with van der Waals surface area (Å²) in [5.41, 5.74) is 0.516. The zero-order valence-corrected chi connectivity index (χ0v) is 31.2. The molecule has 0 spiro atoms. The lowest BCUT2D eigenvalue weighted by Gasteiger charge is -2.21. The van der Waals surface area contributed by atoms with Crippen LogP contribution in [0.25, 0.3) is 22.4 Å². The van der Waals surface area contributed by atoms with Crippen molar-refractivity contribution in [2.45, 2.75) is 66.2 Å². The minimum Gasteiger partial charge on any atom is -0.494 e. The lowest BCUT2D eigenvalue weighted by Crippen LogP contribution is -2.42. The van der Waals surface area contributed by atoms with E-state index in [4.69, 9.17) is 29.0 Å². The van der Waals surface area contributed by atoms with Crippen molar-refractivity contribution in [3.63, 3.8) is 0 Å². The Morgan fingerprint density at radius 1 is 0.982 bits per heavy atom. The van der Waals surface area contributed by atoms with Gasteiger partial charge in [-0.3, -0.25) is 9.48 Å². The van der Waals surface area contributed by atoms with E-state index in [-0.39, 0.29) is 67.4 Å². The number of aromatic nitrogens is 5. The lowest BCUT2D eigenvalue weighted by molar-refractivity contribution is -0.145. The van der Waals surface area contributed by atoms with Crippen LogP contribution in [0.15, 0.2) is 60.9 Å². The largest absolute Gasteiger partial charge is 0.494 e. The van der Waals surface area contributed by atoms with Crippen LogP contribution in [0.4, 0.5) is 30.9 Å². The van der Waals surface area contributed by atoms with Gasteiger partial charge in [0.15, 0.2) is 17.4 Å². The summed E-state index contributed by atoms with van der Waals surface area (Å²) in [7, 11) is 0. The van der Waals surface area contributed by atoms with Crippen LogP contribution in [0.2, 0.25) is 0 Å². The highest BCUT2D eigenvalue weighted by Crippen LogP contribution is 2.32. The van der Waals surface area contributed by atoms with Crippen LogP contribution in [0.3, 0.4) is 0 Å². The van der Waals surface area contributed by atoms with Gasteiger partial charge < -0.3 is 34.9 Å². The number of alkyl carbamates (subject to hydrolysis) is 1. The SMILES string of the molecule is CCOc1cc(F)c(Cn2nc(-c3ncc(OCCCOC(=O)[C@H](C)NC(=O)OC(C)(C)C)c(Nc4ccnc(NC(C)=O)c4)n3)c3ccccc32)c(F)c1. The predicted octanol–water partition coefficient (Wildman–Crippen LogP) is 6.54. The van der Waals surface area contributed by atoms with Crippen molar-refractivity contribution in [2.75, 3.05) is 30.5 Å². The van der Waals surface area contributed by atoms with E-state index < -0.39 is 35.3 Å². The summed E-state index contributed by atoms with van der Waals surface area (Å²) in [6.07, 6.45) is 2.48. The van der Waals surface area contributed by atoms with E-state index in [1.165, 1.54) is 30.9 Å². The fraction of sp³-hybridized carbons (Fsp3) is 0.342. The van der Waals surface area contributed by atoms with E-state index in [2.05, 4.69) is 25.9 Å². The molecule has 3 N–H and O–H groups in total. The molecule has 55 heavy (non-hydrogen) atoms. The van der Waals surface area contributed by atoms with Crippen LogP contribution in [-0.2, 0) is 25.6 Å². The van der Waals surface area contributed by atoms with Crippen LogP contribution in [-0.4, -0.2) is 74.2 Å². The maximum absolute atomic E-state index is 15.1. The van der Waals surface area contributed by atoms with Gasteiger partial charge in [-0.1, -0.05) is 18.2 Å². The standard InChI is InChI=1S/C38H42F2N8O7/c1-7-52-25-18-28(39)27(29(40)19-25)21-48-30-12-9-8-11-26(30)33(47-48)35-42-20-31(34(46-35)45-24-13-14-41-32(17-24)44-23(3)49)53-15-10-16-54-36(50)22(2)43-37(51)55-38(4,5)6/h8-9,11-14,17-20,22H,7,10,15-16,21H2,1-6H3,(H,43,51)(H2,41,42,44,45,46,49)/t22-/m0/s1. The first-order valence-corrected chi connectivity index (χ1v) is 17.4. The van der Waals surface area contributed by atoms with Gasteiger partial charge in [-0.2, -0.15) is 5.10 Å². The van der Waals surface area contributed by atoms with Crippen LogP contribution >= 0.6 is 0 Å². The fourth-order valence-corrected chi connectivity index (χ4v) is 5.20. The minimum absolute atomic E-state index is 0.00965. The summed E-state index contributed by atoms with van der Waals surface area (Å²) in [5.74, 6) is -1.48. The van der Waals surface area contributed by atoms with E-state index in [1.54, 1.807) is 64.1 Å². The number of hydrogen-bond acceptors (Lipinski definition) is 12. The van der Waals surface area contributed by atoms with Crippen LogP contribution in [0, 0.1) is 11.6 Å². The maximum atomic E-state index is 15.1. The van der Waals surface area contributed by atoms with E-state index >= 15 is 8.78 Å². The Bertz CT molecular complexity index is 2150. The summed E-state index contributed by atoms with van der Waals surface area (Å²) in [4.78, 5) is 49.5. The van der Waals surface area contributed by atoms with Crippen LogP contribution in [0.1, 0.15) is 53.5 Å². The number of carbonyl (C=O) groups is 3. The number of hydrogen-bond donors (Lipinski definition) is 3. The number of pyridine rings is 1. The van der Waals surface area contributed by atoms with Crippen LogP contribution in [0.5, 0.6) is 11.5 Å². The molecule has 0 fully saturated rings. The molecule has 5 aromatic rings. The summed E-state index contributed by atoms with van der Waals surface area (Å²) in [6, 6.07) is 11.8. The number of anilines is 3. The molecule has 0 saturated heterocycles. The van der Waals surface area contributed by atoms with Gasteiger partial charge in [0.25, 0.3) is 0 Å². The van der Waals surface area contributed by atoms with Gasteiger partial charge in [0.05, 0.1) is 38.1 Å². The molecule has 17 heteroatoms. The number of nitrogens with zero attached hydrogens (tertiary/aromatic N) is 5. The van der Waals surface area contributed by atoms with E-state index in [0.717, 1.165) is 12.1 Å². The van der Waals surface area contributed by atoms with Crippen molar-refractivity contribution in [1.29, 1.82) is 0 Å². The number of esters is 1. The number of nitrogens with one attached hydrogen (secondary N) is 3. The summed E-state index contributed by atoms with van der Waals surface area (Å²) in [5, 5.41) is 13.6. The van der Waals surface area contributed by atoms with Gasteiger partial charge >= 0.3 is 12.1 Å². The molecule has 5 rings (SSSR count). The van der Waals surface area contributed by atoms with Gasteiger partial charge in [0.2, 0.25) is 5.91 Å². The van der Waals surface area contributed by atoms with Crippen LogP contribution < -0.4 is 25.4 Å². The normalized spacial score (nSPS) is 11.8. The molecule has 1 atom stereocenters. The summed E-state index contributed by atoms with van der Waals surface area (Å²) < 4.78 is 53.4. The predicted molar refractivity (Wildman–Crippen MR) is 199 cm³/mol. The Morgan fingerprint density at radius 2 is 1.73 bits per heavy atom. The third kappa shape index (κ3) is 10.8. The van der Waals surface area contributed by atoms with E-state index in [1.807, 2.05) is 0 Å². The third-order valence-corrected chi connectivity index (χ3v) is 7.56. The van der Waals surface area contributed by atoms with E-state index in [0.29, 0.717) is 28.1 Å². The maximum Gasteiger partial charge on any atom is 0.408 e. The van der Waals surface area contributed by atoms with Gasteiger partial charge in [0.1, 0.15) is 40.5 Å². The average molecular weight is 761 g/mol. The number of fused-ring (bicyclic) bond motifs is 1. The zero-order chi connectivity index (χ0) is 39.7. The van der Waals surface area contributed by atoms with Gasteiger partial charge in [-0.25, -0.2) is 33.3 Å². The second kappa shape index (κ2) is 17.6. The number of rotatable bonds is 15. The first kappa shape index (κ1) is 39.8. The molecule has 3 aromatic heterocycles. The Kier molecular flexibility index (Phi) is 12.8. The number of amides is 2. The van der Waals surface area contributed by atoms with Gasteiger partial charge in [-0.15, -0.1) is 0 Å². The molecule has 2 aromatic carbocycles. The molecule has 0 aliphatic rings. The topological polar surface area (TPSA) is 181 Å². The van der Waals surface area contributed by atoms with E-state index in [9.17, 15) is 14.4 Å². The van der Waals surface area contributed by atoms with Crippen molar-refractivity contribution >= 4 is 46.2 Å². The quantitative estimate of drug-likeness (QED) is 0.0776. The molecular weight excluding hydrogens is 718 g/mol. The first-order chi connectivity index (χ1) is 26.2. The molecule has 0 aliphatic heterocycles. The lowest BCUT2D eigenvalue weighted by atomic mass is 10.1. The molecule has 3 heterocycles. The van der Waals surface area contributed by atoms with Crippen molar-refractivity contribution in [3.05, 3.63) is 78.1 Å². The van der Waals surface area contributed by atoms with Crippen molar-refractivity contribution < 1.29 is 42.1 Å². The highest BCUT2D eigenvalue weighted by Gasteiger charge is 2.23. The summed E-state index contributed by atoms with van der Waals surface area (Å²) in [6.45, 7) is 9.82. The number of benzene rings is 2. The Balaban J connectivity index is 1.37. The highest BCUT2D eigenvalue weighted by atomic mass is 19.1. The molecule has 2 amide bonds. The molecule has 0 aliphatic carbocycles. The Labute approximate surface area is 315 Å². The summed E-state index contributed by atoms with van der Waals surface area (Å²) >= 11 is 0. The molecule has 15 nitrogen and oxygen atoms in total. The number of carbonyl (C=O) groups excluding carboxylic acids is 3. The smallest absolute Gasteiger partial charge is 0.408 e. The van der Waals surface area contributed by atoms with Crippen molar-refractivity contribution in [3.8, 4) is 23.0 Å². The first-order valence-electron chi connectivity index (χ1n) is 17.4. The number of ether oxygens (including phenoxy) is 4. The molecule has 0 bridgehead atoms. The minimum atomic E-state index is -0.936. The highest BCUT2D eigenvalue weighted by molar-refractivity contribution is 5.92. The second-order valence-corrected chi connectivity index (χ2v) is 13.2. The number of halogens is 2. The molecule has 290 valence electrons. The fourth-order valence-electron chi connectivity index (χ4n) is 5.20. The van der Waals surface area contributed by atoms with Gasteiger partial charge in [-0.05, 0) is 46.8 Å². The zero-order valence-electron chi connectivity index (χ0n) is 31.2. The average Bonchev–Trinajstić information content (AvgIpc) is 3.47. The van der Waals surface area contributed by atoms with Gasteiger partial charge in [0, 0.05) is 54.4 Å². The molecular formula is C38H42F2N8O7. The third-order valence-electron chi connectivity index (χ3n) is 7.56. The molecule has 0 unspecified atom stereocenters. The second-order valence-electron chi connectivity index (χ2n) is 13.2. The monoisotopic (exact) mass is 760 g/mol. The van der Waals surface area contributed by atoms with Crippen molar-refractivity contribution in [1.82, 2.24) is 30.0 Å². The molecule has 0 saturated carbocycles. The van der Waals surface area contributed by atoms with Crippen molar-refractivity contribution in [2.24, 2.45) is 0 Å². The Hall–Kier alpha value is -6.39. The molecule has 0 radical (unpaired) electrons.